The van der Waals surface area contributed by atoms with E-state index in [9.17, 15) is 4.79 Å². The van der Waals surface area contributed by atoms with Crippen LogP contribution in [0.4, 0.5) is 4.79 Å². The maximum Gasteiger partial charge on any atom is 0.315 e. The molecule has 0 aliphatic heterocycles. The summed E-state index contributed by atoms with van der Waals surface area (Å²) in [6.45, 7) is 7.04. The van der Waals surface area contributed by atoms with Gasteiger partial charge in [-0.25, -0.2) is 4.79 Å². The van der Waals surface area contributed by atoms with Gasteiger partial charge in [0.1, 0.15) is 11.5 Å². The molecule has 1 aromatic carbocycles. The summed E-state index contributed by atoms with van der Waals surface area (Å²) in [6, 6.07) is 8.16. The van der Waals surface area contributed by atoms with Crippen molar-refractivity contribution < 1.29 is 9.21 Å². The molecule has 0 unspecified atom stereocenters. The summed E-state index contributed by atoms with van der Waals surface area (Å²) in [7, 11) is 0. The molecule has 5 heteroatoms. The topological polar surface area (TPSA) is 70.1 Å². The summed E-state index contributed by atoms with van der Waals surface area (Å²) < 4.78 is 5.46. The van der Waals surface area contributed by atoms with Crippen LogP contribution >= 0.6 is 0 Å². The van der Waals surface area contributed by atoms with Crippen molar-refractivity contribution in [2.75, 3.05) is 6.54 Å². The van der Waals surface area contributed by atoms with E-state index in [-0.39, 0.29) is 6.03 Å². The van der Waals surface area contributed by atoms with E-state index >= 15 is 0 Å². The number of aromatic nitrogens is 1. The maximum atomic E-state index is 12.0. The molecule has 0 saturated carbocycles. The summed E-state index contributed by atoms with van der Waals surface area (Å²) in [5, 5.41) is 7.03. The molecule has 5 nitrogen and oxygen atoms in total. The van der Waals surface area contributed by atoms with Gasteiger partial charge >= 0.3 is 6.03 Å². The highest BCUT2D eigenvalue weighted by Crippen LogP contribution is 2.22. The van der Waals surface area contributed by atoms with E-state index in [2.05, 4.69) is 40.7 Å². The third-order valence-corrected chi connectivity index (χ3v) is 4.53. The maximum absolute atomic E-state index is 12.0. The van der Waals surface area contributed by atoms with Crippen LogP contribution in [0.2, 0.25) is 0 Å². The smallest absolute Gasteiger partial charge is 0.315 e. The number of rotatable bonds is 6. The van der Waals surface area contributed by atoms with E-state index in [4.69, 9.17) is 4.42 Å². The second-order valence-electron chi connectivity index (χ2n) is 6.31. The Bertz CT molecular complexity index is 876. The number of urea groups is 1. The summed E-state index contributed by atoms with van der Waals surface area (Å²) >= 11 is 0. The Morgan fingerprint density at radius 3 is 2.72 bits per heavy atom. The Hall–Kier alpha value is -2.69. The first-order valence-electron chi connectivity index (χ1n) is 8.74. The lowest BCUT2D eigenvalue weighted by atomic mass is 10.1. The summed E-state index contributed by atoms with van der Waals surface area (Å²) in [5.41, 5.74) is 4.76. The number of hydrogen-bond donors (Lipinski definition) is 3. The molecule has 2 aromatic heterocycles. The number of hydrogen-bond acceptors (Lipinski definition) is 2. The number of nitrogens with one attached hydrogen (secondary N) is 3. The quantitative estimate of drug-likeness (QED) is 0.636. The molecule has 0 fully saturated rings. The van der Waals surface area contributed by atoms with Gasteiger partial charge in [-0.2, -0.15) is 0 Å². The molecule has 3 rings (SSSR count). The molecular weight excluding hydrogens is 314 g/mol. The van der Waals surface area contributed by atoms with Crippen LogP contribution in [0.25, 0.3) is 10.9 Å². The van der Waals surface area contributed by atoms with Gasteiger partial charge in [0.2, 0.25) is 0 Å². The fourth-order valence-electron chi connectivity index (χ4n) is 3.18. The van der Waals surface area contributed by atoms with E-state index in [0.29, 0.717) is 13.1 Å². The first-order chi connectivity index (χ1) is 12.1. The normalized spacial score (nSPS) is 11.0. The van der Waals surface area contributed by atoms with Gasteiger partial charge in [0.05, 0.1) is 0 Å². The standard InChI is InChI=1S/C20H25N3O2/c1-4-15-6-5-7-18-16(11-22-19(15)18)8-9-21-20(24)23-12-17-10-13(2)25-14(17)3/h5-7,10-11,22H,4,8-9,12H2,1-3H3,(H2,21,23,24). The van der Waals surface area contributed by atoms with Gasteiger partial charge in [-0.3, -0.25) is 0 Å². The van der Waals surface area contributed by atoms with Crippen molar-refractivity contribution in [3.63, 3.8) is 0 Å². The number of carbonyl (C=O) groups is 1. The van der Waals surface area contributed by atoms with Crippen LogP contribution in [-0.4, -0.2) is 17.6 Å². The van der Waals surface area contributed by atoms with Crippen molar-refractivity contribution in [3.8, 4) is 0 Å². The monoisotopic (exact) mass is 339 g/mol. The van der Waals surface area contributed by atoms with Crippen LogP contribution in [0.3, 0.4) is 0 Å². The van der Waals surface area contributed by atoms with Crippen molar-refractivity contribution >= 4 is 16.9 Å². The molecule has 0 bridgehead atoms. The SMILES string of the molecule is CCc1cccc2c(CCNC(=O)NCc3cc(C)oc3C)c[nH]c12. The van der Waals surface area contributed by atoms with Crippen LogP contribution < -0.4 is 10.6 Å². The van der Waals surface area contributed by atoms with Gasteiger partial charge in [0.15, 0.2) is 0 Å². The third kappa shape index (κ3) is 3.87. The van der Waals surface area contributed by atoms with Crippen LogP contribution in [0.15, 0.2) is 34.9 Å². The molecule has 0 atom stereocenters. The number of H-pyrrole nitrogens is 1. The van der Waals surface area contributed by atoms with E-state index in [1.807, 2.05) is 26.1 Å². The van der Waals surface area contributed by atoms with Crippen LogP contribution in [0, 0.1) is 13.8 Å². The predicted octanol–water partition coefficient (Wildman–Crippen LogP) is 3.98. The lowest BCUT2D eigenvalue weighted by Gasteiger charge is -2.07. The highest BCUT2D eigenvalue weighted by atomic mass is 16.3. The molecule has 0 spiro atoms. The number of para-hydroxylation sites is 1. The lowest BCUT2D eigenvalue weighted by Crippen LogP contribution is -2.36. The molecule has 25 heavy (non-hydrogen) atoms. The van der Waals surface area contributed by atoms with Crippen molar-refractivity contribution in [2.24, 2.45) is 0 Å². The van der Waals surface area contributed by atoms with Gasteiger partial charge in [0, 0.05) is 35.8 Å². The van der Waals surface area contributed by atoms with Gasteiger partial charge < -0.3 is 20.0 Å². The third-order valence-electron chi connectivity index (χ3n) is 4.53. The summed E-state index contributed by atoms with van der Waals surface area (Å²) in [6.07, 6.45) is 3.84. The largest absolute Gasteiger partial charge is 0.466 e. The molecule has 3 N–H and O–H groups in total. The minimum atomic E-state index is -0.160. The second-order valence-corrected chi connectivity index (χ2v) is 6.31. The number of benzene rings is 1. The minimum absolute atomic E-state index is 0.160. The minimum Gasteiger partial charge on any atom is -0.466 e. The Morgan fingerprint density at radius 2 is 2.00 bits per heavy atom. The van der Waals surface area contributed by atoms with E-state index in [1.54, 1.807) is 0 Å². The molecule has 132 valence electrons. The van der Waals surface area contributed by atoms with Crippen molar-refractivity contribution in [2.45, 2.75) is 40.2 Å². The first-order valence-corrected chi connectivity index (χ1v) is 8.74. The number of aromatic amines is 1. The Kier molecular flexibility index (Phi) is 5.12. The zero-order valence-corrected chi connectivity index (χ0v) is 15.0. The number of furan rings is 1. The zero-order chi connectivity index (χ0) is 17.8. The molecule has 3 aromatic rings. The second kappa shape index (κ2) is 7.47. The fourth-order valence-corrected chi connectivity index (χ4v) is 3.18. The van der Waals surface area contributed by atoms with E-state index < -0.39 is 0 Å². The molecular formula is C20H25N3O2. The highest BCUT2D eigenvalue weighted by Gasteiger charge is 2.08. The van der Waals surface area contributed by atoms with Crippen molar-refractivity contribution in [1.29, 1.82) is 0 Å². The fraction of sp³-hybridized carbons (Fsp3) is 0.350. The Morgan fingerprint density at radius 1 is 1.16 bits per heavy atom. The lowest BCUT2D eigenvalue weighted by molar-refractivity contribution is 0.240. The summed E-state index contributed by atoms with van der Waals surface area (Å²) in [4.78, 5) is 15.3. The molecule has 0 aliphatic rings. The Balaban J connectivity index is 1.51. The predicted molar refractivity (Wildman–Crippen MR) is 99.8 cm³/mol. The van der Waals surface area contributed by atoms with Crippen LogP contribution in [0.5, 0.6) is 0 Å². The Labute approximate surface area is 147 Å². The van der Waals surface area contributed by atoms with Crippen molar-refractivity contribution in [3.05, 3.63) is 58.7 Å². The number of carbonyl (C=O) groups excluding carboxylic acids is 1. The van der Waals surface area contributed by atoms with Crippen LogP contribution in [0.1, 0.15) is 35.1 Å². The molecule has 2 amide bonds. The van der Waals surface area contributed by atoms with Crippen LogP contribution in [-0.2, 0) is 19.4 Å². The van der Waals surface area contributed by atoms with E-state index in [0.717, 1.165) is 29.9 Å². The average molecular weight is 339 g/mol. The van der Waals surface area contributed by atoms with Gasteiger partial charge in [-0.15, -0.1) is 0 Å². The molecule has 0 radical (unpaired) electrons. The van der Waals surface area contributed by atoms with E-state index in [1.165, 1.54) is 22.0 Å². The molecule has 0 saturated heterocycles. The summed E-state index contributed by atoms with van der Waals surface area (Å²) in [5.74, 6) is 1.71. The van der Waals surface area contributed by atoms with Gasteiger partial charge in [-0.1, -0.05) is 25.1 Å². The molecule has 0 aliphatic carbocycles. The van der Waals surface area contributed by atoms with Gasteiger partial charge in [0.25, 0.3) is 0 Å². The first kappa shape index (κ1) is 17.1. The number of fused-ring (bicyclic) bond motifs is 1. The number of aryl methyl sites for hydroxylation is 3. The van der Waals surface area contributed by atoms with Gasteiger partial charge in [-0.05, 0) is 43.9 Å². The molecule has 2 heterocycles. The highest BCUT2D eigenvalue weighted by molar-refractivity contribution is 5.86. The van der Waals surface area contributed by atoms with Crippen molar-refractivity contribution in [1.82, 2.24) is 15.6 Å². The zero-order valence-electron chi connectivity index (χ0n) is 15.0. The average Bonchev–Trinajstić information content (AvgIpc) is 3.15. The number of amides is 2.